The van der Waals surface area contributed by atoms with E-state index >= 15 is 0 Å². The number of nitrogens with one attached hydrogen (secondary N) is 1. The van der Waals surface area contributed by atoms with E-state index in [-0.39, 0.29) is 11.7 Å². The summed E-state index contributed by atoms with van der Waals surface area (Å²) in [6, 6.07) is 3.03. The van der Waals surface area contributed by atoms with Gasteiger partial charge < -0.3 is 10.1 Å². The van der Waals surface area contributed by atoms with Crippen LogP contribution in [0.25, 0.3) is 0 Å². The van der Waals surface area contributed by atoms with Crippen molar-refractivity contribution in [1.82, 2.24) is 4.98 Å². The van der Waals surface area contributed by atoms with Crippen LogP contribution in [0.5, 0.6) is 0 Å². The third-order valence-electron chi connectivity index (χ3n) is 4.53. The van der Waals surface area contributed by atoms with Gasteiger partial charge in [0.1, 0.15) is 12.0 Å². The highest BCUT2D eigenvalue weighted by Gasteiger charge is 2.17. The monoisotopic (exact) mass is 349 g/mol. The van der Waals surface area contributed by atoms with Crippen molar-refractivity contribution < 1.29 is 14.5 Å². The molecule has 1 aromatic rings. The number of aromatic nitrogens is 1. The summed E-state index contributed by atoms with van der Waals surface area (Å²) in [5.41, 5.74) is -0.0133. The van der Waals surface area contributed by atoms with Crippen LogP contribution >= 0.6 is 0 Å². The van der Waals surface area contributed by atoms with Crippen molar-refractivity contribution in [2.24, 2.45) is 5.92 Å². The predicted molar refractivity (Wildman–Crippen MR) is 95.4 cm³/mol. The summed E-state index contributed by atoms with van der Waals surface area (Å²) < 4.78 is 5.31. The van der Waals surface area contributed by atoms with Crippen molar-refractivity contribution in [3.05, 3.63) is 28.4 Å². The highest BCUT2D eigenvalue weighted by molar-refractivity contribution is 5.69. The maximum atomic E-state index is 11.8. The van der Waals surface area contributed by atoms with Gasteiger partial charge in [-0.15, -0.1) is 0 Å². The van der Waals surface area contributed by atoms with Gasteiger partial charge >= 0.3 is 5.97 Å². The summed E-state index contributed by atoms with van der Waals surface area (Å²) in [5.74, 6) is 1.10. The average Bonchev–Trinajstić information content (AvgIpc) is 2.62. The molecule has 0 atom stereocenters. The second-order valence-electron chi connectivity index (χ2n) is 6.57. The van der Waals surface area contributed by atoms with Crippen molar-refractivity contribution in [3.8, 4) is 0 Å². The number of rotatable bonds is 10. The number of carbonyl (C=O) groups excluding carboxylic acids is 1. The van der Waals surface area contributed by atoms with E-state index in [1.165, 1.54) is 31.5 Å². The molecule has 0 unspecified atom stereocenters. The van der Waals surface area contributed by atoms with Crippen LogP contribution in [0.15, 0.2) is 18.3 Å². The Morgan fingerprint density at radius 2 is 2.04 bits per heavy atom. The number of carbonyl (C=O) groups is 1. The molecule has 1 aromatic heterocycles. The largest absolute Gasteiger partial charge is 0.466 e. The molecule has 0 aromatic carbocycles. The van der Waals surface area contributed by atoms with Gasteiger partial charge in [0.05, 0.1) is 11.5 Å². The van der Waals surface area contributed by atoms with Crippen molar-refractivity contribution in [2.75, 3.05) is 18.5 Å². The van der Waals surface area contributed by atoms with Gasteiger partial charge in [-0.2, -0.15) is 0 Å². The number of ether oxygens (including phenoxy) is 1. The van der Waals surface area contributed by atoms with E-state index in [1.54, 1.807) is 6.07 Å². The van der Waals surface area contributed by atoms with Gasteiger partial charge in [0.2, 0.25) is 0 Å². The van der Waals surface area contributed by atoms with Crippen LogP contribution in [0.3, 0.4) is 0 Å². The lowest BCUT2D eigenvalue weighted by Crippen LogP contribution is -2.14. The molecule has 1 aliphatic rings. The minimum absolute atomic E-state index is 0.0133. The number of esters is 1. The Labute approximate surface area is 148 Å². The third kappa shape index (κ3) is 7.49. The van der Waals surface area contributed by atoms with Gasteiger partial charge in [0.25, 0.3) is 5.69 Å². The van der Waals surface area contributed by atoms with E-state index < -0.39 is 4.92 Å². The smallest absolute Gasteiger partial charge is 0.306 e. The minimum Gasteiger partial charge on any atom is -0.466 e. The first kappa shape index (κ1) is 19.1. The molecule has 25 heavy (non-hydrogen) atoms. The van der Waals surface area contributed by atoms with E-state index in [0.29, 0.717) is 24.8 Å². The van der Waals surface area contributed by atoms with Crippen molar-refractivity contribution in [2.45, 2.75) is 57.8 Å². The number of nitrogens with zero attached hydrogens (tertiary/aromatic N) is 2. The molecule has 0 radical (unpaired) electrons. The molecule has 0 spiro atoms. The molecule has 1 N–H and O–H groups in total. The topological polar surface area (TPSA) is 94.4 Å². The SMILES string of the molecule is O=C(CC1CCCCC1)OCCCCCNc1ccc([N+](=O)[O-])cn1. The van der Waals surface area contributed by atoms with E-state index in [0.717, 1.165) is 38.6 Å². The predicted octanol–water partition coefficient (Wildman–Crippen LogP) is 4.09. The molecule has 2 rings (SSSR count). The lowest BCUT2D eigenvalue weighted by atomic mass is 9.87. The molecule has 1 fully saturated rings. The van der Waals surface area contributed by atoms with Crippen LogP contribution in [0, 0.1) is 16.0 Å². The number of nitro groups is 1. The number of hydrogen-bond donors (Lipinski definition) is 1. The Balaban J connectivity index is 1.47. The van der Waals surface area contributed by atoms with Gasteiger partial charge in [0.15, 0.2) is 0 Å². The molecule has 1 saturated carbocycles. The molecule has 0 aliphatic heterocycles. The summed E-state index contributed by atoms with van der Waals surface area (Å²) >= 11 is 0. The normalized spacial score (nSPS) is 14.9. The first-order valence-electron chi connectivity index (χ1n) is 9.15. The molecular weight excluding hydrogens is 322 g/mol. The van der Waals surface area contributed by atoms with Crippen molar-refractivity contribution in [1.29, 1.82) is 0 Å². The van der Waals surface area contributed by atoms with Crippen LogP contribution in [0.1, 0.15) is 57.8 Å². The molecule has 0 amide bonds. The van der Waals surface area contributed by atoms with Crippen LogP contribution in [0.4, 0.5) is 11.5 Å². The second-order valence-corrected chi connectivity index (χ2v) is 6.57. The summed E-state index contributed by atoms with van der Waals surface area (Å²) in [4.78, 5) is 25.8. The Bertz CT molecular complexity index is 542. The maximum absolute atomic E-state index is 11.8. The fraction of sp³-hybridized carbons (Fsp3) is 0.667. The Morgan fingerprint density at radius 1 is 1.24 bits per heavy atom. The number of anilines is 1. The first-order chi connectivity index (χ1) is 12.1. The first-order valence-corrected chi connectivity index (χ1v) is 9.15. The number of unbranched alkanes of at least 4 members (excludes halogenated alkanes) is 2. The quantitative estimate of drug-likeness (QED) is 0.296. The highest BCUT2D eigenvalue weighted by Crippen LogP contribution is 2.26. The molecule has 7 heteroatoms. The number of pyridine rings is 1. The van der Waals surface area contributed by atoms with Gasteiger partial charge in [-0.05, 0) is 44.1 Å². The zero-order valence-electron chi connectivity index (χ0n) is 14.6. The van der Waals surface area contributed by atoms with E-state index in [9.17, 15) is 14.9 Å². The Hall–Kier alpha value is -2.18. The standard InChI is InChI=1S/C18H27N3O4/c22-18(13-15-7-3-1-4-8-15)25-12-6-2-5-11-19-17-10-9-16(14-20-17)21(23)24/h9-10,14-15H,1-8,11-13H2,(H,19,20). The molecule has 0 bridgehead atoms. The van der Waals surface area contributed by atoms with Crippen molar-refractivity contribution in [3.63, 3.8) is 0 Å². The van der Waals surface area contributed by atoms with Gasteiger partial charge in [-0.3, -0.25) is 14.9 Å². The zero-order chi connectivity index (χ0) is 17.9. The highest BCUT2D eigenvalue weighted by atomic mass is 16.6. The summed E-state index contributed by atoms with van der Waals surface area (Å²) in [6.45, 7) is 1.22. The Morgan fingerprint density at radius 3 is 2.72 bits per heavy atom. The van der Waals surface area contributed by atoms with Crippen LogP contribution in [0.2, 0.25) is 0 Å². The van der Waals surface area contributed by atoms with E-state index in [2.05, 4.69) is 10.3 Å². The van der Waals surface area contributed by atoms with E-state index in [4.69, 9.17) is 4.74 Å². The molecule has 1 aliphatic carbocycles. The van der Waals surface area contributed by atoms with Gasteiger partial charge in [-0.1, -0.05) is 19.3 Å². The fourth-order valence-electron chi connectivity index (χ4n) is 3.09. The third-order valence-corrected chi connectivity index (χ3v) is 4.53. The van der Waals surface area contributed by atoms with Crippen molar-refractivity contribution >= 4 is 17.5 Å². The van der Waals surface area contributed by atoms with Crippen LogP contribution in [-0.4, -0.2) is 29.0 Å². The summed E-state index contributed by atoms with van der Waals surface area (Å²) in [6.07, 6.45) is 10.7. The lowest BCUT2D eigenvalue weighted by molar-refractivity contribution is -0.385. The second kappa shape index (κ2) is 10.6. The van der Waals surface area contributed by atoms with Gasteiger partial charge in [0, 0.05) is 19.0 Å². The molecular formula is C18H27N3O4. The molecule has 7 nitrogen and oxygen atoms in total. The number of hydrogen-bond acceptors (Lipinski definition) is 6. The van der Waals surface area contributed by atoms with Crippen LogP contribution < -0.4 is 5.32 Å². The summed E-state index contributed by atoms with van der Waals surface area (Å²) in [5, 5.41) is 13.7. The van der Waals surface area contributed by atoms with E-state index in [1.807, 2.05) is 0 Å². The molecule has 138 valence electrons. The molecule has 1 heterocycles. The fourth-order valence-corrected chi connectivity index (χ4v) is 3.09. The van der Waals surface area contributed by atoms with Gasteiger partial charge in [-0.25, -0.2) is 4.98 Å². The minimum atomic E-state index is -0.466. The van der Waals surface area contributed by atoms with Crippen LogP contribution in [-0.2, 0) is 9.53 Å². The summed E-state index contributed by atoms with van der Waals surface area (Å²) in [7, 11) is 0. The average molecular weight is 349 g/mol. The zero-order valence-corrected chi connectivity index (χ0v) is 14.6. The molecule has 0 saturated heterocycles. The lowest BCUT2D eigenvalue weighted by Gasteiger charge is -2.20. The Kier molecular flexibility index (Phi) is 8.15. The maximum Gasteiger partial charge on any atom is 0.306 e.